The second-order valence-corrected chi connectivity index (χ2v) is 4.04. The highest BCUT2D eigenvalue weighted by molar-refractivity contribution is 5.19. The minimum atomic E-state index is -1.44. The van der Waals surface area contributed by atoms with Crippen LogP contribution in [0.2, 0.25) is 0 Å². The van der Waals surface area contributed by atoms with Crippen molar-refractivity contribution in [3.63, 3.8) is 0 Å². The lowest BCUT2D eigenvalue weighted by atomic mass is 9.99. The summed E-state index contributed by atoms with van der Waals surface area (Å²) >= 11 is 0. The Bertz CT molecular complexity index is 368. The third kappa shape index (κ3) is 2.63. The topological polar surface area (TPSA) is 99.4 Å². The molecule has 1 fully saturated rings. The average molecular weight is 255 g/mol. The molecule has 0 saturated carbocycles. The van der Waals surface area contributed by atoms with E-state index in [-0.39, 0.29) is 0 Å². The predicted octanol–water partition coefficient (Wildman–Crippen LogP) is -1.33. The van der Waals surface area contributed by atoms with Crippen molar-refractivity contribution in [2.75, 3.05) is 6.61 Å². The van der Waals surface area contributed by atoms with Crippen molar-refractivity contribution in [3.05, 3.63) is 30.3 Å². The van der Waals surface area contributed by atoms with Crippen LogP contribution in [0.4, 0.5) is 0 Å². The van der Waals surface area contributed by atoms with E-state index in [1.54, 1.807) is 24.3 Å². The van der Waals surface area contributed by atoms with Crippen molar-refractivity contribution in [1.29, 1.82) is 0 Å². The minimum absolute atomic E-state index is 0.335. The summed E-state index contributed by atoms with van der Waals surface area (Å²) in [7, 11) is 0. The maximum absolute atomic E-state index is 9.73. The Balaban J connectivity index is 2.08. The van der Waals surface area contributed by atoms with Gasteiger partial charge in [-0.15, -0.1) is 0 Å². The van der Waals surface area contributed by atoms with E-state index in [2.05, 4.69) is 6.07 Å². The fraction of sp³-hybridized carbons (Fsp3) is 0.500. The van der Waals surface area contributed by atoms with Gasteiger partial charge in [0.25, 0.3) is 0 Å². The molecule has 0 amide bonds. The van der Waals surface area contributed by atoms with Crippen LogP contribution in [0.15, 0.2) is 24.3 Å². The molecule has 1 aromatic rings. The van der Waals surface area contributed by atoms with Gasteiger partial charge >= 0.3 is 0 Å². The molecule has 0 bridgehead atoms. The summed E-state index contributed by atoms with van der Waals surface area (Å²) in [6.07, 6.45) is -6.37. The maximum Gasteiger partial charge on any atom is 0.229 e. The molecule has 6 nitrogen and oxygen atoms in total. The zero-order valence-electron chi connectivity index (χ0n) is 9.51. The molecule has 1 aliphatic heterocycles. The monoisotopic (exact) mass is 255 g/mol. The smallest absolute Gasteiger partial charge is 0.229 e. The average Bonchev–Trinajstić information content (AvgIpc) is 2.40. The molecule has 1 aliphatic rings. The van der Waals surface area contributed by atoms with Gasteiger partial charge in [0, 0.05) is 6.07 Å². The zero-order valence-corrected chi connectivity index (χ0v) is 9.51. The van der Waals surface area contributed by atoms with Crippen LogP contribution in [0.3, 0.4) is 0 Å². The van der Waals surface area contributed by atoms with E-state index in [1.807, 2.05) is 0 Å². The zero-order chi connectivity index (χ0) is 13.1. The number of aliphatic hydroxyl groups is 4. The number of ether oxygens (including phenoxy) is 2. The summed E-state index contributed by atoms with van der Waals surface area (Å²) in [5.41, 5.74) is 0. The minimum Gasteiger partial charge on any atom is -0.461 e. The molecule has 6 heteroatoms. The lowest BCUT2D eigenvalue weighted by molar-refractivity contribution is -0.277. The SMILES string of the molecule is OC[C@H]1O[C@H](Oc2[c]cccc2)[C@H](O)[C@@H](O)[C@H]1O. The number of para-hydroxylation sites is 1. The second kappa shape index (κ2) is 5.64. The first-order valence-corrected chi connectivity index (χ1v) is 5.57. The van der Waals surface area contributed by atoms with Crippen LogP contribution in [-0.2, 0) is 4.74 Å². The number of aliphatic hydroxyl groups excluding tert-OH is 4. The van der Waals surface area contributed by atoms with Crippen molar-refractivity contribution in [2.24, 2.45) is 0 Å². The first-order valence-electron chi connectivity index (χ1n) is 5.57. The number of benzene rings is 1. The molecular weight excluding hydrogens is 240 g/mol. The fourth-order valence-corrected chi connectivity index (χ4v) is 1.74. The van der Waals surface area contributed by atoms with Gasteiger partial charge in [0.15, 0.2) is 0 Å². The Labute approximate surface area is 104 Å². The first-order chi connectivity index (χ1) is 8.63. The highest BCUT2D eigenvalue weighted by atomic mass is 16.7. The van der Waals surface area contributed by atoms with Crippen LogP contribution in [0.5, 0.6) is 5.75 Å². The molecule has 1 aromatic carbocycles. The van der Waals surface area contributed by atoms with Gasteiger partial charge in [0.05, 0.1) is 6.61 Å². The Kier molecular flexibility index (Phi) is 4.15. The first kappa shape index (κ1) is 13.3. The van der Waals surface area contributed by atoms with E-state index < -0.39 is 37.3 Å². The molecule has 2 rings (SSSR count). The quantitative estimate of drug-likeness (QED) is 0.534. The summed E-state index contributed by atoms with van der Waals surface area (Å²) in [6, 6.07) is 9.48. The third-order valence-electron chi connectivity index (χ3n) is 2.77. The Morgan fingerprint density at radius 3 is 2.56 bits per heavy atom. The fourth-order valence-electron chi connectivity index (χ4n) is 1.74. The number of hydrogen-bond acceptors (Lipinski definition) is 6. The highest BCUT2D eigenvalue weighted by Gasteiger charge is 2.44. The van der Waals surface area contributed by atoms with Gasteiger partial charge in [-0.2, -0.15) is 0 Å². The van der Waals surface area contributed by atoms with Gasteiger partial charge < -0.3 is 29.9 Å². The van der Waals surface area contributed by atoms with Crippen molar-refractivity contribution in [1.82, 2.24) is 0 Å². The van der Waals surface area contributed by atoms with E-state index in [0.717, 1.165) is 0 Å². The lowest BCUT2D eigenvalue weighted by Crippen LogP contribution is -2.60. The molecule has 5 atom stereocenters. The molecule has 0 aromatic heterocycles. The van der Waals surface area contributed by atoms with E-state index in [0.29, 0.717) is 5.75 Å². The van der Waals surface area contributed by atoms with Crippen LogP contribution >= 0.6 is 0 Å². The normalized spacial score (nSPS) is 36.3. The van der Waals surface area contributed by atoms with Crippen LogP contribution in [0.1, 0.15) is 0 Å². The van der Waals surface area contributed by atoms with Crippen molar-refractivity contribution in [2.45, 2.75) is 30.7 Å². The molecule has 4 N–H and O–H groups in total. The summed E-state index contributed by atoms with van der Waals surface area (Å²) in [5, 5.41) is 37.9. The van der Waals surface area contributed by atoms with Crippen molar-refractivity contribution >= 4 is 0 Å². The number of rotatable bonds is 3. The largest absolute Gasteiger partial charge is 0.461 e. The van der Waals surface area contributed by atoms with Crippen LogP contribution in [0, 0.1) is 6.07 Å². The van der Waals surface area contributed by atoms with E-state index >= 15 is 0 Å². The summed E-state index contributed by atoms with van der Waals surface area (Å²) in [6.45, 7) is -0.483. The Hall–Kier alpha value is -1.18. The molecule has 1 radical (unpaired) electrons. The van der Waals surface area contributed by atoms with Crippen molar-refractivity contribution < 1.29 is 29.9 Å². The molecule has 99 valence electrons. The van der Waals surface area contributed by atoms with Gasteiger partial charge in [-0.1, -0.05) is 18.2 Å². The molecule has 1 saturated heterocycles. The summed E-state index contributed by atoms with van der Waals surface area (Å²) in [4.78, 5) is 0. The van der Waals surface area contributed by atoms with Gasteiger partial charge in [0.2, 0.25) is 6.29 Å². The van der Waals surface area contributed by atoms with Crippen LogP contribution in [-0.4, -0.2) is 57.7 Å². The molecule has 1 heterocycles. The Morgan fingerprint density at radius 1 is 1.17 bits per heavy atom. The number of hydrogen-bond donors (Lipinski definition) is 4. The summed E-state index contributed by atoms with van der Waals surface area (Å²) < 4.78 is 10.5. The predicted molar refractivity (Wildman–Crippen MR) is 59.7 cm³/mol. The highest BCUT2D eigenvalue weighted by Crippen LogP contribution is 2.23. The molecule has 0 aliphatic carbocycles. The second-order valence-electron chi connectivity index (χ2n) is 4.04. The van der Waals surface area contributed by atoms with Crippen LogP contribution < -0.4 is 4.74 Å². The van der Waals surface area contributed by atoms with Crippen LogP contribution in [0.25, 0.3) is 0 Å². The molecular formula is C12H15O6. The van der Waals surface area contributed by atoms with E-state index in [1.165, 1.54) is 0 Å². The van der Waals surface area contributed by atoms with Gasteiger partial charge in [0.1, 0.15) is 30.2 Å². The standard InChI is InChI=1S/C12H15O6/c13-6-8-9(14)10(15)11(16)12(18-8)17-7-4-2-1-3-5-7/h1-4,8-16H,6H2/t8-,9+,10+,11-,12+/m1/s1. The van der Waals surface area contributed by atoms with Gasteiger partial charge in [-0.05, 0) is 6.07 Å². The molecule has 0 unspecified atom stereocenters. The summed E-state index contributed by atoms with van der Waals surface area (Å²) in [5.74, 6) is 0.335. The third-order valence-corrected chi connectivity index (χ3v) is 2.77. The Morgan fingerprint density at radius 2 is 1.94 bits per heavy atom. The lowest BCUT2D eigenvalue weighted by Gasteiger charge is -2.39. The van der Waals surface area contributed by atoms with E-state index in [4.69, 9.17) is 14.6 Å². The van der Waals surface area contributed by atoms with Gasteiger partial charge in [-0.25, -0.2) is 0 Å². The van der Waals surface area contributed by atoms with Crippen molar-refractivity contribution in [3.8, 4) is 5.75 Å². The molecule has 0 spiro atoms. The maximum atomic E-state index is 9.73. The molecule has 18 heavy (non-hydrogen) atoms. The van der Waals surface area contributed by atoms with Gasteiger partial charge in [-0.3, -0.25) is 0 Å². The van der Waals surface area contributed by atoms with E-state index in [9.17, 15) is 15.3 Å².